The lowest BCUT2D eigenvalue weighted by Crippen LogP contribution is -2.00. The van der Waals surface area contributed by atoms with Crippen molar-refractivity contribution in [2.24, 2.45) is 0 Å². The first-order chi connectivity index (χ1) is 53.6. The summed E-state index contributed by atoms with van der Waals surface area (Å²) in [6.07, 6.45) is 14.7. The number of hydrogen-bond acceptors (Lipinski definition) is 14. The topological polar surface area (TPSA) is 147 Å². The summed E-state index contributed by atoms with van der Waals surface area (Å²) >= 11 is 5.28. The molecule has 0 amide bonds. The lowest BCUT2D eigenvalue weighted by atomic mass is 9.85. The number of nitrogens with zero attached hydrogens (tertiary/aromatic N) is 10. The maximum atomic E-state index is 6.05. The summed E-state index contributed by atoms with van der Waals surface area (Å²) in [5.74, 6) is 2.19. The highest BCUT2D eigenvalue weighted by Gasteiger charge is 2.29. The molecule has 0 radical (unpaired) electrons. The van der Waals surface area contributed by atoms with Gasteiger partial charge in [0.05, 0.1) is 34.2 Å². The lowest BCUT2D eigenvalue weighted by molar-refractivity contribution is 0.583. The highest BCUT2D eigenvalue weighted by molar-refractivity contribution is 7.25. The first-order valence-corrected chi connectivity index (χ1v) is 38.0. The van der Waals surface area contributed by atoms with Crippen molar-refractivity contribution in [2.45, 2.75) is 0 Å². The van der Waals surface area contributed by atoms with Gasteiger partial charge in [0.2, 0.25) is 5.71 Å². The van der Waals surface area contributed by atoms with Crippen LogP contribution in [-0.4, -0.2) is 49.4 Å². The van der Waals surface area contributed by atoms with E-state index >= 15 is 0 Å². The number of thiophene rings is 3. The van der Waals surface area contributed by atoms with E-state index in [0.717, 1.165) is 138 Å². The monoisotopic (exact) mass is 1440 g/mol. The molecule has 0 atom stereocenters. The van der Waals surface area contributed by atoms with Crippen molar-refractivity contribution in [1.29, 1.82) is 0 Å². The number of furan rings is 2. The minimum Gasteiger partial charge on any atom is -0.464 e. The second-order valence-corrected chi connectivity index (χ2v) is 29.6. The molecule has 12 heterocycles. The molecule has 21 aromatic rings. The zero-order chi connectivity index (χ0) is 70.9. The summed E-state index contributed by atoms with van der Waals surface area (Å²) in [5, 5.41) is 10.8. The van der Waals surface area contributed by atoms with Crippen LogP contribution in [0, 0.1) is 0 Å². The molecule has 0 fully saturated rings. The van der Waals surface area contributed by atoms with E-state index in [1.54, 1.807) is 46.6 Å². The summed E-state index contributed by atoms with van der Waals surface area (Å²) in [7, 11) is 0. The minimum absolute atomic E-state index is 0.583. The summed E-state index contributed by atoms with van der Waals surface area (Å²) < 4.78 is 15.6. The van der Waals surface area contributed by atoms with Crippen LogP contribution >= 0.6 is 34.0 Å². The van der Waals surface area contributed by atoms with Crippen molar-refractivity contribution in [1.82, 2.24) is 49.4 Å². The average molecular weight is 1440 g/mol. The fraction of sp³-hybridized carbons (Fsp3) is 0. The number of aromatic nitrogens is 10. The maximum absolute atomic E-state index is 6.05. The molecule has 24 rings (SSSR count). The largest absolute Gasteiger partial charge is 0.464 e. The van der Waals surface area contributed by atoms with Gasteiger partial charge < -0.3 is 8.83 Å². The average Bonchev–Trinajstić information content (AvgIpc) is 1.48. The summed E-state index contributed by atoms with van der Waals surface area (Å²) in [4.78, 5) is 46.3. The Morgan fingerprint density at radius 2 is 0.861 bits per heavy atom. The Kier molecular flexibility index (Phi) is 14.2. The van der Waals surface area contributed by atoms with Crippen molar-refractivity contribution in [2.75, 3.05) is 0 Å². The van der Waals surface area contributed by atoms with Crippen LogP contribution in [0.5, 0.6) is 0 Å². The lowest BCUT2D eigenvalue weighted by Gasteiger charge is -2.21. The molecule has 0 spiro atoms. The van der Waals surface area contributed by atoms with E-state index in [-0.39, 0.29) is 0 Å². The third-order valence-electron chi connectivity index (χ3n) is 20.9. The van der Waals surface area contributed by atoms with Crippen molar-refractivity contribution in [3.8, 4) is 161 Å². The van der Waals surface area contributed by atoms with E-state index < -0.39 is 0 Å². The fourth-order valence-electron chi connectivity index (χ4n) is 16.0. The van der Waals surface area contributed by atoms with Gasteiger partial charge in [0.15, 0.2) is 11.6 Å². The molecule has 504 valence electrons. The van der Waals surface area contributed by atoms with Gasteiger partial charge in [0.1, 0.15) is 28.1 Å². The van der Waals surface area contributed by atoms with Gasteiger partial charge >= 0.3 is 0 Å². The smallest absolute Gasteiger partial charge is 0.230 e. The first kappa shape index (κ1) is 61.6. The predicted octanol–water partition coefficient (Wildman–Crippen LogP) is 25.0. The number of para-hydroxylation sites is 2. The maximum Gasteiger partial charge on any atom is 0.230 e. The van der Waals surface area contributed by atoms with Crippen LogP contribution in [0.4, 0.5) is 0 Å². The summed E-state index contributed by atoms with van der Waals surface area (Å²) in [6, 6.07) is 89.0. The van der Waals surface area contributed by atoms with Crippen LogP contribution in [0.25, 0.3) is 226 Å². The van der Waals surface area contributed by atoms with Crippen molar-refractivity contribution < 1.29 is 8.83 Å². The molecule has 9 aromatic carbocycles. The van der Waals surface area contributed by atoms with Gasteiger partial charge in [-0.2, -0.15) is 4.98 Å². The highest BCUT2D eigenvalue weighted by Crippen LogP contribution is 2.53. The molecule has 0 unspecified atom stereocenters. The van der Waals surface area contributed by atoms with E-state index in [0.29, 0.717) is 11.5 Å². The Balaban J connectivity index is 0.000000100. The standard InChI is InChI=1S/C31H18N4S.C31H17N3O2.C31H17N3S2/c1-2-8-22-20(6-1)26-16-19(35-28-10-4-3-7-21(28)27-17-32-18-34-31(27)35)11-12-24(26)30-25(13-15-36-30)23-9-5-14-33-29(22)23;2*1-2-8-21-19(6-1)25-16-18(30-33-17-26-20-7-3-4-10-27(20)36-31(26)34-30)11-12-23(25)29-24(13-15-35-29)22-9-5-14-32-28(21)22/h1-18H;2*1-17H. The minimum atomic E-state index is 0.583. The Morgan fingerprint density at radius 3 is 1.53 bits per heavy atom. The third-order valence-corrected chi connectivity index (χ3v) is 23.8. The van der Waals surface area contributed by atoms with Crippen molar-refractivity contribution in [3.05, 3.63) is 315 Å². The Labute approximate surface area is 628 Å². The molecule has 0 aliphatic heterocycles. The van der Waals surface area contributed by atoms with E-state index in [9.17, 15) is 0 Å². The number of fused-ring (bicyclic) bond motifs is 33. The van der Waals surface area contributed by atoms with E-state index in [2.05, 4.69) is 225 Å². The highest BCUT2D eigenvalue weighted by atomic mass is 32.1. The van der Waals surface area contributed by atoms with Crippen LogP contribution < -0.4 is 0 Å². The van der Waals surface area contributed by atoms with Crippen LogP contribution in [0.15, 0.2) is 324 Å². The second kappa shape index (κ2) is 24.9. The van der Waals surface area contributed by atoms with Gasteiger partial charge in [0, 0.05) is 162 Å². The SMILES string of the molecule is c1ccc2c(c1)-c1cc(-c3ncc4c(n3)oc3ccccc34)ccc1-c1occc1-c1cccnc1-2.c1ccc2c(c1)-c1cc(-c3ncc4c(n3)sc3ccccc34)ccc1-c1sccc1-c1cccnc1-2.c1ccc2c(c1)-c1cc(-n3c4ccccc4c4cncnc43)ccc1-c1sccc1-c1cccnc1-2. The molecule has 0 N–H and O–H groups in total. The molecule has 12 nitrogen and oxygen atoms in total. The molecule has 15 heteroatoms. The van der Waals surface area contributed by atoms with Crippen LogP contribution in [-0.2, 0) is 0 Å². The zero-order valence-electron chi connectivity index (χ0n) is 57.0. The third kappa shape index (κ3) is 9.83. The second-order valence-electron chi connectivity index (χ2n) is 26.7. The van der Waals surface area contributed by atoms with Crippen molar-refractivity contribution >= 4 is 98.3 Å². The molecule has 0 saturated carbocycles. The number of hydrogen-bond donors (Lipinski definition) is 0. The molecule has 3 aliphatic carbocycles. The van der Waals surface area contributed by atoms with Crippen LogP contribution in [0.3, 0.4) is 0 Å². The molecule has 108 heavy (non-hydrogen) atoms. The molecule has 0 saturated heterocycles. The number of rotatable bonds is 3. The zero-order valence-corrected chi connectivity index (χ0v) is 59.5. The molecule has 12 aromatic heterocycles. The van der Waals surface area contributed by atoms with Gasteiger partial charge in [-0.25, -0.2) is 24.9 Å². The predicted molar refractivity (Wildman–Crippen MR) is 439 cm³/mol. The van der Waals surface area contributed by atoms with Gasteiger partial charge in [0.25, 0.3) is 0 Å². The van der Waals surface area contributed by atoms with E-state index in [4.69, 9.17) is 43.7 Å². The summed E-state index contributed by atoms with van der Waals surface area (Å²) in [5.41, 5.74) is 30.0. The van der Waals surface area contributed by atoms with E-state index in [1.165, 1.54) is 75.5 Å². The molecular weight excluding hydrogens is 1390 g/mol. The van der Waals surface area contributed by atoms with Gasteiger partial charge in [-0.15, -0.1) is 34.0 Å². The normalized spacial score (nSPS) is 11.9. The number of benzene rings is 9. The van der Waals surface area contributed by atoms with Gasteiger partial charge in [-0.3, -0.25) is 19.5 Å². The Hall–Kier alpha value is -13.8. The first-order valence-electron chi connectivity index (χ1n) is 35.4. The van der Waals surface area contributed by atoms with Gasteiger partial charge in [-0.05, 0) is 129 Å². The Bertz CT molecular complexity index is 6920. The van der Waals surface area contributed by atoms with Gasteiger partial charge in [-0.1, -0.05) is 170 Å². The molecular formula is C93H52N10O2S3. The fourth-order valence-corrected chi connectivity index (χ4v) is 19.0. The quantitative estimate of drug-likeness (QED) is 0.166. The van der Waals surface area contributed by atoms with Crippen LogP contribution in [0.1, 0.15) is 0 Å². The van der Waals surface area contributed by atoms with Crippen molar-refractivity contribution in [3.63, 3.8) is 0 Å². The summed E-state index contributed by atoms with van der Waals surface area (Å²) in [6.45, 7) is 0. The molecule has 3 aliphatic rings. The number of pyridine rings is 3. The van der Waals surface area contributed by atoms with E-state index in [1.807, 2.05) is 91.8 Å². The molecule has 0 bridgehead atoms. The van der Waals surface area contributed by atoms with Crippen LogP contribution in [0.2, 0.25) is 0 Å². The Morgan fingerprint density at radius 1 is 0.333 bits per heavy atom.